The molecular formula is C15H16N2O3. The Labute approximate surface area is 117 Å². The van der Waals surface area contributed by atoms with Crippen molar-refractivity contribution in [3.05, 3.63) is 53.9 Å². The van der Waals surface area contributed by atoms with Crippen molar-refractivity contribution in [1.82, 2.24) is 4.98 Å². The quantitative estimate of drug-likeness (QED) is 0.928. The lowest BCUT2D eigenvalue weighted by Gasteiger charge is -2.10. The van der Waals surface area contributed by atoms with E-state index in [1.807, 2.05) is 31.2 Å². The smallest absolute Gasteiger partial charge is 0.411 e. The monoisotopic (exact) mass is 272 g/mol. The van der Waals surface area contributed by atoms with Crippen LogP contribution in [0.5, 0.6) is 5.75 Å². The van der Waals surface area contributed by atoms with E-state index in [0.29, 0.717) is 12.3 Å². The molecule has 0 radical (unpaired) electrons. The number of anilines is 1. The minimum Gasteiger partial charge on any atom is -0.487 e. The fraction of sp³-hybridized carbons (Fsp3) is 0.200. The maximum Gasteiger partial charge on any atom is 0.411 e. The number of carbonyl (C=O) groups excluding carboxylic acids is 1. The third kappa shape index (κ3) is 3.71. The Morgan fingerprint density at radius 1 is 1.30 bits per heavy atom. The Bertz CT molecular complexity index is 585. The minimum atomic E-state index is -0.491. The van der Waals surface area contributed by atoms with Crippen LogP contribution in [0.25, 0.3) is 0 Å². The summed E-state index contributed by atoms with van der Waals surface area (Å²) in [7, 11) is 1.33. The predicted octanol–water partition coefficient (Wildman–Crippen LogP) is 3.15. The molecule has 0 aliphatic rings. The normalized spacial score (nSPS) is 9.90. The molecule has 0 saturated carbocycles. The summed E-state index contributed by atoms with van der Waals surface area (Å²) < 4.78 is 10.2. The lowest BCUT2D eigenvalue weighted by atomic mass is 10.2. The third-order valence-corrected chi connectivity index (χ3v) is 2.73. The van der Waals surface area contributed by atoms with E-state index in [0.717, 1.165) is 17.0 Å². The number of methoxy groups -OCH3 is 1. The van der Waals surface area contributed by atoms with Crippen molar-refractivity contribution < 1.29 is 14.3 Å². The van der Waals surface area contributed by atoms with Crippen molar-refractivity contribution >= 4 is 11.8 Å². The molecule has 104 valence electrons. The van der Waals surface area contributed by atoms with Gasteiger partial charge in [-0.3, -0.25) is 10.3 Å². The van der Waals surface area contributed by atoms with Gasteiger partial charge in [0.1, 0.15) is 12.4 Å². The number of pyridine rings is 1. The van der Waals surface area contributed by atoms with Crippen LogP contribution in [0.15, 0.2) is 42.6 Å². The molecule has 0 atom stereocenters. The molecule has 0 spiro atoms. The Kier molecular flexibility index (Phi) is 4.55. The second kappa shape index (κ2) is 6.56. The summed E-state index contributed by atoms with van der Waals surface area (Å²) in [5, 5.41) is 2.63. The number of hydrogen-bond donors (Lipinski definition) is 1. The Morgan fingerprint density at radius 3 is 2.80 bits per heavy atom. The van der Waals surface area contributed by atoms with Crippen LogP contribution in [-0.2, 0) is 11.3 Å². The number of nitrogens with one attached hydrogen (secondary N) is 1. The van der Waals surface area contributed by atoms with E-state index in [4.69, 9.17) is 4.74 Å². The summed E-state index contributed by atoms with van der Waals surface area (Å²) in [4.78, 5) is 15.3. The Balaban J connectivity index is 2.00. The van der Waals surface area contributed by atoms with E-state index in [1.165, 1.54) is 7.11 Å². The topological polar surface area (TPSA) is 60.5 Å². The van der Waals surface area contributed by atoms with Crippen molar-refractivity contribution in [1.29, 1.82) is 0 Å². The average Bonchev–Trinajstić information content (AvgIpc) is 2.48. The molecular weight excluding hydrogens is 256 g/mol. The molecule has 1 aromatic heterocycles. The number of nitrogens with zero attached hydrogens (tertiary/aromatic N) is 1. The maximum absolute atomic E-state index is 11.2. The predicted molar refractivity (Wildman–Crippen MR) is 75.8 cm³/mol. The van der Waals surface area contributed by atoms with Crippen LogP contribution in [0.1, 0.15) is 11.3 Å². The fourth-order valence-corrected chi connectivity index (χ4v) is 1.67. The van der Waals surface area contributed by atoms with E-state index in [2.05, 4.69) is 15.0 Å². The van der Waals surface area contributed by atoms with Crippen molar-refractivity contribution in [2.45, 2.75) is 13.5 Å². The molecule has 2 rings (SSSR count). The summed E-state index contributed by atoms with van der Waals surface area (Å²) in [6.45, 7) is 2.29. The van der Waals surface area contributed by atoms with Crippen molar-refractivity contribution in [2.75, 3.05) is 12.4 Å². The van der Waals surface area contributed by atoms with Gasteiger partial charge in [0.2, 0.25) is 0 Å². The van der Waals surface area contributed by atoms with E-state index in [1.54, 1.807) is 18.3 Å². The van der Waals surface area contributed by atoms with Crippen molar-refractivity contribution in [3.63, 3.8) is 0 Å². The summed E-state index contributed by atoms with van der Waals surface area (Å²) in [6, 6.07) is 11.1. The lowest BCUT2D eigenvalue weighted by Crippen LogP contribution is -2.11. The van der Waals surface area contributed by atoms with Crippen LogP contribution in [-0.4, -0.2) is 18.2 Å². The summed E-state index contributed by atoms with van der Waals surface area (Å²) in [6.07, 6.45) is 1.24. The molecule has 5 heteroatoms. The zero-order valence-corrected chi connectivity index (χ0v) is 11.4. The zero-order chi connectivity index (χ0) is 14.4. The first-order valence-corrected chi connectivity index (χ1v) is 6.17. The molecule has 1 heterocycles. The first-order chi connectivity index (χ1) is 9.69. The van der Waals surface area contributed by atoms with E-state index < -0.39 is 6.09 Å². The fourth-order valence-electron chi connectivity index (χ4n) is 1.67. The second-order valence-corrected chi connectivity index (χ2v) is 4.20. The highest BCUT2D eigenvalue weighted by molar-refractivity contribution is 5.85. The van der Waals surface area contributed by atoms with E-state index >= 15 is 0 Å². The standard InChI is InChI=1S/C15H16N2O3/c1-11-9-13(6-7-14(11)17-15(18)19-2)20-10-12-5-3-4-8-16-12/h3-9H,10H2,1-2H3,(H,17,18). The van der Waals surface area contributed by atoms with Crippen LogP contribution in [0, 0.1) is 6.92 Å². The van der Waals surface area contributed by atoms with Crippen LogP contribution in [0.2, 0.25) is 0 Å². The summed E-state index contributed by atoms with van der Waals surface area (Å²) in [5.74, 6) is 0.726. The van der Waals surface area contributed by atoms with Gasteiger partial charge in [0.25, 0.3) is 0 Å². The van der Waals surface area contributed by atoms with Gasteiger partial charge < -0.3 is 9.47 Å². The lowest BCUT2D eigenvalue weighted by molar-refractivity contribution is 0.187. The average molecular weight is 272 g/mol. The van der Waals surface area contributed by atoms with E-state index in [9.17, 15) is 4.79 Å². The minimum absolute atomic E-state index is 0.407. The number of carbonyl (C=O) groups is 1. The molecule has 2 aromatic rings. The maximum atomic E-state index is 11.2. The highest BCUT2D eigenvalue weighted by atomic mass is 16.5. The number of aryl methyl sites for hydroxylation is 1. The second-order valence-electron chi connectivity index (χ2n) is 4.20. The first-order valence-electron chi connectivity index (χ1n) is 6.17. The number of amides is 1. The highest BCUT2D eigenvalue weighted by Gasteiger charge is 2.05. The molecule has 20 heavy (non-hydrogen) atoms. The molecule has 0 bridgehead atoms. The van der Waals surface area contributed by atoms with E-state index in [-0.39, 0.29) is 0 Å². The molecule has 0 fully saturated rings. The van der Waals surface area contributed by atoms with Gasteiger partial charge in [-0.05, 0) is 42.8 Å². The number of ether oxygens (including phenoxy) is 2. The molecule has 0 unspecified atom stereocenters. The molecule has 0 aliphatic heterocycles. The van der Waals surface area contributed by atoms with Crippen LogP contribution in [0.4, 0.5) is 10.5 Å². The van der Waals surface area contributed by atoms with Gasteiger partial charge in [0.15, 0.2) is 0 Å². The van der Waals surface area contributed by atoms with Crippen molar-refractivity contribution in [2.24, 2.45) is 0 Å². The molecule has 0 aliphatic carbocycles. The molecule has 1 aromatic carbocycles. The van der Waals surface area contributed by atoms with Gasteiger partial charge >= 0.3 is 6.09 Å². The molecule has 1 amide bonds. The van der Waals surface area contributed by atoms with Gasteiger partial charge in [-0.15, -0.1) is 0 Å². The number of hydrogen-bond acceptors (Lipinski definition) is 4. The van der Waals surface area contributed by atoms with Crippen molar-refractivity contribution in [3.8, 4) is 5.75 Å². The first kappa shape index (κ1) is 13.9. The van der Waals surface area contributed by atoms with Crippen LogP contribution >= 0.6 is 0 Å². The summed E-state index contributed by atoms with van der Waals surface area (Å²) >= 11 is 0. The Morgan fingerprint density at radius 2 is 2.15 bits per heavy atom. The third-order valence-electron chi connectivity index (χ3n) is 2.73. The number of aromatic nitrogens is 1. The molecule has 5 nitrogen and oxygen atoms in total. The Hall–Kier alpha value is -2.56. The SMILES string of the molecule is COC(=O)Nc1ccc(OCc2ccccn2)cc1C. The van der Waals surface area contributed by atoms with Gasteiger partial charge in [0.05, 0.1) is 12.8 Å². The molecule has 0 saturated heterocycles. The zero-order valence-electron chi connectivity index (χ0n) is 11.4. The van der Waals surface area contributed by atoms with Gasteiger partial charge in [-0.2, -0.15) is 0 Å². The largest absolute Gasteiger partial charge is 0.487 e. The van der Waals surface area contributed by atoms with Gasteiger partial charge in [0, 0.05) is 11.9 Å². The van der Waals surface area contributed by atoms with Gasteiger partial charge in [-0.25, -0.2) is 4.79 Å². The highest BCUT2D eigenvalue weighted by Crippen LogP contribution is 2.22. The number of benzene rings is 1. The molecule has 1 N–H and O–H groups in total. The van der Waals surface area contributed by atoms with Crippen LogP contribution in [0.3, 0.4) is 0 Å². The van der Waals surface area contributed by atoms with Crippen LogP contribution < -0.4 is 10.1 Å². The number of rotatable bonds is 4. The van der Waals surface area contributed by atoms with Gasteiger partial charge in [-0.1, -0.05) is 6.07 Å². The summed E-state index contributed by atoms with van der Waals surface area (Å²) in [5.41, 5.74) is 2.46.